The third kappa shape index (κ3) is 5.12. The molecular formula is C20H19F3N4O. The molecule has 0 saturated heterocycles. The molecule has 0 aliphatic heterocycles. The minimum Gasteiger partial charge on any atom is -0.497 e. The summed E-state index contributed by atoms with van der Waals surface area (Å²) in [6, 6.07) is 14.2. The van der Waals surface area contributed by atoms with Gasteiger partial charge in [-0.3, -0.25) is 0 Å². The van der Waals surface area contributed by atoms with Crippen LogP contribution in [0, 0.1) is 6.92 Å². The number of methoxy groups -OCH3 is 1. The maximum absolute atomic E-state index is 12.8. The Morgan fingerprint density at radius 3 is 2.43 bits per heavy atom. The first kappa shape index (κ1) is 19.5. The number of alkyl halides is 3. The summed E-state index contributed by atoms with van der Waals surface area (Å²) < 4.78 is 43.6. The quantitative estimate of drug-likeness (QED) is 0.610. The molecule has 3 rings (SSSR count). The first-order valence-electron chi connectivity index (χ1n) is 8.50. The second-order valence-corrected chi connectivity index (χ2v) is 6.12. The average molecular weight is 388 g/mol. The van der Waals surface area contributed by atoms with Crippen molar-refractivity contribution in [1.29, 1.82) is 0 Å². The van der Waals surface area contributed by atoms with Gasteiger partial charge in [0.05, 0.1) is 12.7 Å². The van der Waals surface area contributed by atoms with Crippen molar-refractivity contribution in [2.45, 2.75) is 19.6 Å². The van der Waals surface area contributed by atoms with Crippen molar-refractivity contribution in [3.05, 3.63) is 71.4 Å². The molecule has 146 valence electrons. The number of halogens is 3. The van der Waals surface area contributed by atoms with Gasteiger partial charge < -0.3 is 15.4 Å². The number of nitrogens with zero attached hydrogens (tertiary/aromatic N) is 2. The number of hydrogen-bond acceptors (Lipinski definition) is 5. The molecule has 0 fully saturated rings. The highest BCUT2D eigenvalue weighted by molar-refractivity contribution is 5.56. The summed E-state index contributed by atoms with van der Waals surface area (Å²) in [5.74, 6) is 1.64. The van der Waals surface area contributed by atoms with Crippen LogP contribution in [-0.2, 0) is 12.7 Å². The van der Waals surface area contributed by atoms with Crippen LogP contribution in [0.1, 0.15) is 16.8 Å². The fraction of sp³-hybridized carbons (Fsp3) is 0.200. The molecule has 0 aliphatic rings. The van der Waals surface area contributed by atoms with E-state index in [0.29, 0.717) is 17.3 Å². The Morgan fingerprint density at radius 1 is 1.00 bits per heavy atom. The smallest absolute Gasteiger partial charge is 0.416 e. The molecule has 0 unspecified atom stereocenters. The van der Waals surface area contributed by atoms with Gasteiger partial charge in [0, 0.05) is 24.0 Å². The number of aromatic nitrogens is 2. The standard InChI is InChI=1S/C20H19F3N4O/c1-13-10-18(24-12-14-4-3-5-15(11-14)20(21,22)23)27-19(25-13)26-16-6-8-17(28-2)9-7-16/h3-11H,12H2,1-2H3,(H2,24,25,26,27). The Morgan fingerprint density at radius 2 is 1.75 bits per heavy atom. The van der Waals surface area contributed by atoms with E-state index < -0.39 is 11.7 Å². The maximum Gasteiger partial charge on any atom is 0.416 e. The van der Waals surface area contributed by atoms with E-state index in [1.807, 2.05) is 31.2 Å². The van der Waals surface area contributed by atoms with Crippen molar-refractivity contribution in [3.63, 3.8) is 0 Å². The van der Waals surface area contributed by atoms with E-state index in [4.69, 9.17) is 4.74 Å². The SMILES string of the molecule is COc1ccc(Nc2nc(C)cc(NCc3cccc(C(F)(F)F)c3)n2)cc1. The van der Waals surface area contributed by atoms with Crippen molar-refractivity contribution >= 4 is 17.5 Å². The molecular weight excluding hydrogens is 369 g/mol. The average Bonchev–Trinajstić information content (AvgIpc) is 2.66. The molecule has 3 aromatic rings. The van der Waals surface area contributed by atoms with Gasteiger partial charge in [0.2, 0.25) is 5.95 Å². The fourth-order valence-electron chi connectivity index (χ4n) is 2.57. The van der Waals surface area contributed by atoms with Gasteiger partial charge in [0.1, 0.15) is 11.6 Å². The zero-order chi connectivity index (χ0) is 20.1. The second kappa shape index (κ2) is 8.16. The van der Waals surface area contributed by atoms with Gasteiger partial charge in [0.15, 0.2) is 0 Å². The van der Waals surface area contributed by atoms with E-state index in [1.165, 1.54) is 6.07 Å². The zero-order valence-electron chi connectivity index (χ0n) is 15.3. The van der Waals surface area contributed by atoms with E-state index in [2.05, 4.69) is 20.6 Å². The van der Waals surface area contributed by atoms with Gasteiger partial charge in [-0.15, -0.1) is 0 Å². The topological polar surface area (TPSA) is 59.1 Å². The molecule has 1 heterocycles. The van der Waals surface area contributed by atoms with Crippen molar-refractivity contribution in [1.82, 2.24) is 9.97 Å². The largest absolute Gasteiger partial charge is 0.497 e. The highest BCUT2D eigenvalue weighted by Gasteiger charge is 2.30. The van der Waals surface area contributed by atoms with Crippen molar-refractivity contribution in [3.8, 4) is 5.75 Å². The predicted octanol–water partition coefficient (Wildman–Crippen LogP) is 5.17. The van der Waals surface area contributed by atoms with Crippen LogP contribution in [0.25, 0.3) is 0 Å². The number of benzene rings is 2. The molecule has 0 amide bonds. The van der Waals surface area contributed by atoms with Crippen molar-refractivity contribution in [2.24, 2.45) is 0 Å². The minimum absolute atomic E-state index is 0.211. The Labute approximate surface area is 160 Å². The van der Waals surface area contributed by atoms with E-state index in [1.54, 1.807) is 19.2 Å². The number of rotatable bonds is 6. The number of ether oxygens (including phenoxy) is 1. The van der Waals surface area contributed by atoms with Crippen LogP contribution in [0.15, 0.2) is 54.6 Å². The maximum atomic E-state index is 12.8. The summed E-state index contributed by atoms with van der Waals surface area (Å²) in [7, 11) is 1.59. The van der Waals surface area contributed by atoms with Gasteiger partial charge in [-0.2, -0.15) is 18.2 Å². The van der Waals surface area contributed by atoms with Crippen LogP contribution >= 0.6 is 0 Å². The van der Waals surface area contributed by atoms with Gasteiger partial charge >= 0.3 is 6.18 Å². The summed E-state index contributed by atoms with van der Waals surface area (Å²) in [6.07, 6.45) is -4.36. The summed E-state index contributed by atoms with van der Waals surface area (Å²) >= 11 is 0. The lowest BCUT2D eigenvalue weighted by molar-refractivity contribution is -0.137. The molecule has 8 heteroatoms. The Bertz CT molecular complexity index is 943. The minimum atomic E-state index is -4.36. The second-order valence-electron chi connectivity index (χ2n) is 6.12. The van der Waals surface area contributed by atoms with Crippen LogP contribution in [0.5, 0.6) is 5.75 Å². The lowest BCUT2D eigenvalue weighted by Crippen LogP contribution is -2.08. The van der Waals surface area contributed by atoms with E-state index in [0.717, 1.165) is 29.3 Å². The molecule has 2 N–H and O–H groups in total. The Kier molecular flexibility index (Phi) is 5.67. The van der Waals surface area contributed by atoms with E-state index in [-0.39, 0.29) is 6.54 Å². The van der Waals surface area contributed by atoms with E-state index >= 15 is 0 Å². The third-order valence-electron chi connectivity index (χ3n) is 3.93. The Balaban J connectivity index is 1.71. The van der Waals surface area contributed by atoms with Gasteiger partial charge in [-0.05, 0) is 48.9 Å². The summed E-state index contributed by atoms with van der Waals surface area (Å²) in [4.78, 5) is 8.70. The highest BCUT2D eigenvalue weighted by atomic mass is 19.4. The molecule has 2 aromatic carbocycles. The third-order valence-corrected chi connectivity index (χ3v) is 3.93. The summed E-state index contributed by atoms with van der Waals surface area (Å²) in [5.41, 5.74) is 1.34. The molecule has 1 aromatic heterocycles. The normalized spacial score (nSPS) is 11.2. The molecule has 5 nitrogen and oxygen atoms in total. The number of anilines is 3. The predicted molar refractivity (Wildman–Crippen MR) is 102 cm³/mol. The lowest BCUT2D eigenvalue weighted by atomic mass is 10.1. The lowest BCUT2D eigenvalue weighted by Gasteiger charge is -2.12. The van der Waals surface area contributed by atoms with Crippen LogP contribution < -0.4 is 15.4 Å². The van der Waals surface area contributed by atoms with Crippen molar-refractivity contribution in [2.75, 3.05) is 17.7 Å². The van der Waals surface area contributed by atoms with Crippen LogP contribution in [0.2, 0.25) is 0 Å². The molecule has 0 radical (unpaired) electrons. The number of aryl methyl sites for hydroxylation is 1. The van der Waals surface area contributed by atoms with Crippen LogP contribution in [0.4, 0.5) is 30.6 Å². The molecule has 0 aliphatic carbocycles. The first-order chi connectivity index (χ1) is 13.3. The Hall–Kier alpha value is -3.29. The van der Waals surface area contributed by atoms with Gasteiger partial charge in [0.25, 0.3) is 0 Å². The van der Waals surface area contributed by atoms with E-state index in [9.17, 15) is 13.2 Å². The molecule has 28 heavy (non-hydrogen) atoms. The fourth-order valence-corrected chi connectivity index (χ4v) is 2.57. The molecule has 0 saturated carbocycles. The van der Waals surface area contributed by atoms with Gasteiger partial charge in [-0.1, -0.05) is 12.1 Å². The number of nitrogens with one attached hydrogen (secondary N) is 2. The van der Waals surface area contributed by atoms with Crippen LogP contribution in [-0.4, -0.2) is 17.1 Å². The molecule has 0 bridgehead atoms. The molecule has 0 spiro atoms. The van der Waals surface area contributed by atoms with Crippen LogP contribution in [0.3, 0.4) is 0 Å². The highest BCUT2D eigenvalue weighted by Crippen LogP contribution is 2.29. The number of hydrogen-bond donors (Lipinski definition) is 2. The summed E-state index contributed by atoms with van der Waals surface area (Å²) in [6.45, 7) is 2.03. The monoisotopic (exact) mass is 388 g/mol. The molecule has 0 atom stereocenters. The van der Waals surface area contributed by atoms with Crippen molar-refractivity contribution < 1.29 is 17.9 Å². The summed E-state index contributed by atoms with van der Waals surface area (Å²) in [5, 5.41) is 6.14. The first-order valence-corrected chi connectivity index (χ1v) is 8.50. The van der Waals surface area contributed by atoms with Gasteiger partial charge in [-0.25, -0.2) is 4.98 Å². The zero-order valence-corrected chi connectivity index (χ0v) is 15.3.